The van der Waals surface area contributed by atoms with Crippen LogP contribution >= 0.6 is 0 Å². The second kappa shape index (κ2) is 6.44. The summed E-state index contributed by atoms with van der Waals surface area (Å²) in [6, 6.07) is 10.9. The highest BCUT2D eigenvalue weighted by atomic mass is 16.2. The second-order valence-corrected chi connectivity index (χ2v) is 7.39. The summed E-state index contributed by atoms with van der Waals surface area (Å²) < 4.78 is 0. The average Bonchev–Trinajstić information content (AvgIpc) is 2.54. The van der Waals surface area contributed by atoms with Gasteiger partial charge in [0, 0.05) is 24.4 Å². The zero-order valence-corrected chi connectivity index (χ0v) is 14.1. The van der Waals surface area contributed by atoms with E-state index in [1.54, 1.807) is 0 Å². The lowest BCUT2D eigenvalue weighted by Crippen LogP contribution is -2.60. The molecule has 2 aliphatic rings. The summed E-state index contributed by atoms with van der Waals surface area (Å²) in [5.41, 5.74) is 1.95. The highest BCUT2D eigenvalue weighted by molar-refractivity contribution is 5.79. The predicted molar refractivity (Wildman–Crippen MR) is 90.7 cm³/mol. The van der Waals surface area contributed by atoms with Crippen molar-refractivity contribution in [1.82, 2.24) is 4.90 Å². The molecule has 1 amide bonds. The van der Waals surface area contributed by atoms with Gasteiger partial charge in [0.15, 0.2) is 0 Å². The first-order valence-corrected chi connectivity index (χ1v) is 9.01. The first-order chi connectivity index (χ1) is 10.7. The first-order valence-electron chi connectivity index (χ1n) is 9.01. The van der Waals surface area contributed by atoms with Crippen LogP contribution in [0, 0.1) is 11.3 Å². The molecule has 3 rings (SSSR count). The SMILES string of the molecule is CCC(CC)C(=O)N1CC2(CCC(c3ccccc3)CC2)C1. The van der Waals surface area contributed by atoms with Crippen LogP contribution in [0.25, 0.3) is 0 Å². The fraction of sp³-hybridized carbons (Fsp3) is 0.650. The van der Waals surface area contributed by atoms with Crippen molar-refractivity contribution in [2.24, 2.45) is 11.3 Å². The van der Waals surface area contributed by atoms with Gasteiger partial charge in [0.1, 0.15) is 0 Å². The fourth-order valence-electron chi connectivity index (χ4n) is 4.42. The van der Waals surface area contributed by atoms with E-state index in [0.717, 1.165) is 31.8 Å². The van der Waals surface area contributed by atoms with Gasteiger partial charge in [-0.25, -0.2) is 0 Å². The van der Waals surface area contributed by atoms with Crippen LogP contribution in [0.2, 0.25) is 0 Å². The highest BCUT2D eigenvalue weighted by Crippen LogP contribution is 2.48. The van der Waals surface area contributed by atoms with Gasteiger partial charge in [0.2, 0.25) is 5.91 Å². The van der Waals surface area contributed by atoms with Crippen molar-refractivity contribution in [1.29, 1.82) is 0 Å². The van der Waals surface area contributed by atoms with Crippen molar-refractivity contribution in [3.8, 4) is 0 Å². The molecule has 0 aromatic heterocycles. The van der Waals surface area contributed by atoms with Gasteiger partial charge in [-0.2, -0.15) is 0 Å². The van der Waals surface area contributed by atoms with Crippen LogP contribution < -0.4 is 0 Å². The molecule has 0 atom stereocenters. The largest absolute Gasteiger partial charge is 0.341 e. The molecule has 1 saturated heterocycles. The van der Waals surface area contributed by atoms with Crippen molar-refractivity contribution < 1.29 is 4.79 Å². The number of hydrogen-bond donors (Lipinski definition) is 0. The average molecular weight is 299 g/mol. The molecule has 120 valence electrons. The lowest BCUT2D eigenvalue weighted by molar-refractivity contribution is -0.150. The summed E-state index contributed by atoms with van der Waals surface area (Å²) in [7, 11) is 0. The zero-order valence-electron chi connectivity index (χ0n) is 14.1. The maximum absolute atomic E-state index is 12.4. The topological polar surface area (TPSA) is 20.3 Å². The molecule has 1 aromatic carbocycles. The molecule has 0 unspecified atom stereocenters. The number of amides is 1. The Bertz CT molecular complexity index is 490. The molecule has 1 aliphatic heterocycles. The van der Waals surface area contributed by atoms with E-state index in [2.05, 4.69) is 49.1 Å². The Hall–Kier alpha value is -1.31. The van der Waals surface area contributed by atoms with E-state index in [9.17, 15) is 4.79 Å². The smallest absolute Gasteiger partial charge is 0.225 e. The lowest BCUT2D eigenvalue weighted by atomic mass is 9.64. The minimum Gasteiger partial charge on any atom is -0.341 e. The molecule has 0 N–H and O–H groups in total. The van der Waals surface area contributed by atoms with Gasteiger partial charge in [-0.05, 0) is 50.0 Å². The third kappa shape index (κ3) is 2.93. The van der Waals surface area contributed by atoms with Crippen LogP contribution in [0.3, 0.4) is 0 Å². The van der Waals surface area contributed by atoms with Gasteiger partial charge >= 0.3 is 0 Å². The van der Waals surface area contributed by atoms with E-state index in [4.69, 9.17) is 0 Å². The third-order valence-electron chi connectivity index (χ3n) is 6.02. The summed E-state index contributed by atoms with van der Waals surface area (Å²) in [4.78, 5) is 14.6. The predicted octanol–water partition coefficient (Wildman–Crippen LogP) is 4.61. The molecule has 2 heteroatoms. The number of benzene rings is 1. The summed E-state index contributed by atoms with van der Waals surface area (Å²) in [6.07, 6.45) is 7.12. The monoisotopic (exact) mass is 299 g/mol. The molecular formula is C20H29NO. The Kier molecular flexibility index (Phi) is 4.56. The molecule has 0 radical (unpaired) electrons. The molecule has 0 bridgehead atoms. The number of hydrogen-bond acceptors (Lipinski definition) is 1. The molecule has 1 saturated carbocycles. The molecule has 1 aromatic rings. The highest BCUT2D eigenvalue weighted by Gasteiger charge is 2.47. The van der Waals surface area contributed by atoms with Gasteiger partial charge in [-0.3, -0.25) is 4.79 Å². The Morgan fingerprint density at radius 1 is 1.14 bits per heavy atom. The fourth-order valence-corrected chi connectivity index (χ4v) is 4.42. The van der Waals surface area contributed by atoms with Gasteiger partial charge in [-0.1, -0.05) is 44.2 Å². The van der Waals surface area contributed by atoms with Crippen molar-refractivity contribution >= 4 is 5.91 Å². The number of rotatable bonds is 4. The van der Waals surface area contributed by atoms with Gasteiger partial charge < -0.3 is 4.90 Å². The first kappa shape index (κ1) is 15.6. The molecule has 2 nitrogen and oxygen atoms in total. The molecule has 22 heavy (non-hydrogen) atoms. The maximum Gasteiger partial charge on any atom is 0.225 e. The number of carbonyl (C=O) groups is 1. The van der Waals surface area contributed by atoms with E-state index in [1.165, 1.54) is 31.2 Å². The van der Waals surface area contributed by atoms with Crippen molar-refractivity contribution in [3.05, 3.63) is 35.9 Å². The Balaban J connectivity index is 1.52. The van der Waals surface area contributed by atoms with E-state index in [-0.39, 0.29) is 5.92 Å². The maximum atomic E-state index is 12.4. The molecular weight excluding hydrogens is 270 g/mol. The lowest BCUT2D eigenvalue weighted by Gasteiger charge is -2.54. The van der Waals surface area contributed by atoms with Crippen molar-refractivity contribution in [2.75, 3.05) is 13.1 Å². The van der Waals surface area contributed by atoms with E-state index < -0.39 is 0 Å². The Labute approximate surface area is 134 Å². The van der Waals surface area contributed by atoms with Crippen LogP contribution in [-0.2, 0) is 4.79 Å². The minimum absolute atomic E-state index is 0.248. The summed E-state index contributed by atoms with van der Waals surface area (Å²) >= 11 is 0. The van der Waals surface area contributed by atoms with Crippen LogP contribution in [0.1, 0.15) is 63.9 Å². The van der Waals surface area contributed by atoms with E-state index in [0.29, 0.717) is 11.3 Å². The van der Waals surface area contributed by atoms with E-state index >= 15 is 0 Å². The van der Waals surface area contributed by atoms with Crippen LogP contribution in [-0.4, -0.2) is 23.9 Å². The molecule has 1 spiro atoms. The zero-order chi connectivity index (χ0) is 15.6. The molecule has 1 heterocycles. The summed E-state index contributed by atoms with van der Waals surface area (Å²) in [5, 5.41) is 0. The quantitative estimate of drug-likeness (QED) is 0.795. The van der Waals surface area contributed by atoms with Crippen molar-refractivity contribution in [2.45, 2.75) is 58.3 Å². The number of nitrogens with zero attached hydrogens (tertiary/aromatic N) is 1. The van der Waals surface area contributed by atoms with Gasteiger partial charge in [-0.15, -0.1) is 0 Å². The second-order valence-electron chi connectivity index (χ2n) is 7.39. The third-order valence-corrected chi connectivity index (χ3v) is 6.02. The van der Waals surface area contributed by atoms with Crippen LogP contribution in [0.5, 0.6) is 0 Å². The summed E-state index contributed by atoms with van der Waals surface area (Å²) in [5.74, 6) is 1.38. The standard InChI is InChI=1S/C20H29NO/c1-3-16(4-2)19(22)21-14-20(15-21)12-10-18(11-13-20)17-8-6-5-7-9-17/h5-9,16,18H,3-4,10-15H2,1-2H3. The van der Waals surface area contributed by atoms with Crippen LogP contribution in [0.4, 0.5) is 0 Å². The Morgan fingerprint density at radius 2 is 1.73 bits per heavy atom. The molecule has 1 aliphatic carbocycles. The van der Waals surface area contributed by atoms with Crippen molar-refractivity contribution in [3.63, 3.8) is 0 Å². The summed E-state index contributed by atoms with van der Waals surface area (Å²) in [6.45, 7) is 6.30. The number of likely N-dealkylation sites (tertiary alicyclic amines) is 1. The van der Waals surface area contributed by atoms with E-state index in [1.807, 2.05) is 0 Å². The van der Waals surface area contributed by atoms with Gasteiger partial charge in [0.05, 0.1) is 0 Å². The minimum atomic E-state index is 0.248. The normalized spacial score (nSPS) is 21.1. The van der Waals surface area contributed by atoms with Crippen LogP contribution in [0.15, 0.2) is 30.3 Å². The number of carbonyl (C=O) groups excluding carboxylic acids is 1. The Morgan fingerprint density at radius 3 is 2.27 bits per heavy atom. The molecule has 2 fully saturated rings. The van der Waals surface area contributed by atoms with Gasteiger partial charge in [0.25, 0.3) is 0 Å².